The molecule has 2 saturated carbocycles. The SMILES string of the molecule is c1csc(C2(C3CC3)CC2)c1. The molecule has 1 aromatic rings. The Bertz CT molecular complexity index is 252. The Kier molecular flexibility index (Phi) is 1.07. The number of hydrogen-bond donors (Lipinski definition) is 0. The van der Waals surface area contributed by atoms with Crippen LogP contribution in [0.3, 0.4) is 0 Å². The molecule has 1 heterocycles. The quantitative estimate of drug-likeness (QED) is 0.629. The van der Waals surface area contributed by atoms with Gasteiger partial charge in [-0.15, -0.1) is 11.3 Å². The Balaban J connectivity index is 1.97. The monoisotopic (exact) mass is 164 g/mol. The maximum absolute atomic E-state index is 2.33. The van der Waals surface area contributed by atoms with Crippen molar-refractivity contribution < 1.29 is 0 Å². The Morgan fingerprint density at radius 3 is 2.64 bits per heavy atom. The van der Waals surface area contributed by atoms with E-state index in [2.05, 4.69) is 17.5 Å². The Labute approximate surface area is 71.2 Å². The van der Waals surface area contributed by atoms with E-state index >= 15 is 0 Å². The molecule has 0 nitrogen and oxygen atoms in total. The summed E-state index contributed by atoms with van der Waals surface area (Å²) in [4.78, 5) is 1.67. The van der Waals surface area contributed by atoms with Gasteiger partial charge in [-0.05, 0) is 43.0 Å². The van der Waals surface area contributed by atoms with Crippen molar-refractivity contribution in [2.24, 2.45) is 5.92 Å². The maximum Gasteiger partial charge on any atom is 0.0110 e. The summed E-state index contributed by atoms with van der Waals surface area (Å²) >= 11 is 1.96. The highest BCUT2D eigenvalue weighted by atomic mass is 32.1. The van der Waals surface area contributed by atoms with Crippen molar-refractivity contribution in [3.8, 4) is 0 Å². The lowest BCUT2D eigenvalue weighted by atomic mass is 9.99. The van der Waals surface area contributed by atoms with E-state index in [1.54, 1.807) is 4.88 Å². The molecule has 58 valence electrons. The lowest BCUT2D eigenvalue weighted by Crippen LogP contribution is -2.05. The minimum absolute atomic E-state index is 0.703. The molecule has 3 rings (SSSR count). The predicted octanol–water partition coefficient (Wildman–Crippen LogP) is 3.19. The van der Waals surface area contributed by atoms with Crippen molar-refractivity contribution in [3.63, 3.8) is 0 Å². The summed E-state index contributed by atoms with van der Waals surface area (Å²) in [5.41, 5.74) is 0.703. The van der Waals surface area contributed by atoms with Crippen molar-refractivity contribution >= 4 is 11.3 Å². The third-order valence-electron chi connectivity index (χ3n) is 3.16. The van der Waals surface area contributed by atoms with E-state index in [0.29, 0.717) is 5.41 Å². The number of thiophene rings is 1. The zero-order valence-corrected chi connectivity index (χ0v) is 7.36. The summed E-state index contributed by atoms with van der Waals surface area (Å²) in [6.07, 6.45) is 5.94. The van der Waals surface area contributed by atoms with Crippen LogP contribution in [-0.4, -0.2) is 0 Å². The first kappa shape index (κ1) is 6.24. The third kappa shape index (κ3) is 0.807. The molecule has 2 fully saturated rings. The van der Waals surface area contributed by atoms with Gasteiger partial charge in [-0.1, -0.05) is 6.07 Å². The molecule has 0 unspecified atom stereocenters. The van der Waals surface area contributed by atoms with Crippen molar-refractivity contribution in [2.45, 2.75) is 31.1 Å². The van der Waals surface area contributed by atoms with Crippen molar-refractivity contribution in [1.29, 1.82) is 0 Å². The van der Waals surface area contributed by atoms with Crippen LogP contribution < -0.4 is 0 Å². The fraction of sp³-hybridized carbons (Fsp3) is 0.600. The van der Waals surface area contributed by atoms with Crippen LogP contribution in [0.2, 0.25) is 0 Å². The van der Waals surface area contributed by atoms with Crippen LogP contribution in [0.5, 0.6) is 0 Å². The van der Waals surface area contributed by atoms with Crippen molar-refractivity contribution in [3.05, 3.63) is 22.4 Å². The Hall–Kier alpha value is -0.300. The second-order valence-corrected chi connectivity index (χ2v) is 4.86. The molecule has 0 saturated heterocycles. The Morgan fingerprint density at radius 2 is 2.18 bits per heavy atom. The van der Waals surface area contributed by atoms with Crippen LogP contribution in [0.4, 0.5) is 0 Å². The smallest absolute Gasteiger partial charge is 0.0110 e. The van der Waals surface area contributed by atoms with E-state index in [0.717, 1.165) is 5.92 Å². The van der Waals surface area contributed by atoms with Gasteiger partial charge in [-0.2, -0.15) is 0 Å². The minimum atomic E-state index is 0.703. The predicted molar refractivity (Wildman–Crippen MR) is 48.0 cm³/mol. The first-order chi connectivity index (χ1) is 5.42. The fourth-order valence-electron chi connectivity index (χ4n) is 2.19. The second kappa shape index (κ2) is 1.89. The first-order valence-corrected chi connectivity index (χ1v) is 5.34. The molecular weight excluding hydrogens is 152 g/mol. The molecule has 2 aliphatic carbocycles. The van der Waals surface area contributed by atoms with Crippen molar-refractivity contribution in [1.82, 2.24) is 0 Å². The van der Waals surface area contributed by atoms with Gasteiger partial charge in [-0.25, -0.2) is 0 Å². The van der Waals surface area contributed by atoms with Gasteiger partial charge in [0.25, 0.3) is 0 Å². The molecule has 0 spiro atoms. The van der Waals surface area contributed by atoms with Gasteiger partial charge >= 0.3 is 0 Å². The van der Waals surface area contributed by atoms with Gasteiger partial charge < -0.3 is 0 Å². The number of rotatable bonds is 2. The molecule has 0 aliphatic heterocycles. The average molecular weight is 164 g/mol. The normalized spacial score (nSPS) is 26.9. The highest BCUT2D eigenvalue weighted by Crippen LogP contribution is 2.63. The highest BCUT2D eigenvalue weighted by molar-refractivity contribution is 7.10. The van der Waals surface area contributed by atoms with Crippen LogP contribution in [0.25, 0.3) is 0 Å². The van der Waals surface area contributed by atoms with Crippen LogP contribution >= 0.6 is 11.3 Å². The molecule has 1 heteroatoms. The fourth-order valence-corrected chi connectivity index (χ4v) is 3.25. The molecule has 0 radical (unpaired) electrons. The molecule has 0 bridgehead atoms. The summed E-state index contributed by atoms with van der Waals surface area (Å²) in [5.74, 6) is 1.07. The molecule has 2 aliphatic rings. The topological polar surface area (TPSA) is 0 Å². The van der Waals surface area contributed by atoms with E-state index in [9.17, 15) is 0 Å². The Morgan fingerprint density at radius 1 is 1.36 bits per heavy atom. The van der Waals surface area contributed by atoms with Gasteiger partial charge in [0.05, 0.1) is 0 Å². The van der Waals surface area contributed by atoms with Crippen LogP contribution in [-0.2, 0) is 5.41 Å². The molecule has 0 amide bonds. The lowest BCUT2D eigenvalue weighted by Gasteiger charge is -2.10. The summed E-state index contributed by atoms with van der Waals surface area (Å²) in [6, 6.07) is 4.53. The standard InChI is InChI=1S/C10H12S/c1-2-9(11-7-1)10(5-6-10)8-3-4-8/h1-2,7-8H,3-6H2. The highest BCUT2D eigenvalue weighted by Gasteiger charge is 2.55. The summed E-state index contributed by atoms with van der Waals surface area (Å²) in [7, 11) is 0. The van der Waals surface area contributed by atoms with E-state index in [-0.39, 0.29) is 0 Å². The summed E-state index contributed by atoms with van der Waals surface area (Å²) < 4.78 is 0. The zero-order chi connectivity index (χ0) is 7.31. The third-order valence-corrected chi connectivity index (χ3v) is 4.25. The van der Waals surface area contributed by atoms with E-state index < -0.39 is 0 Å². The van der Waals surface area contributed by atoms with E-state index in [4.69, 9.17) is 0 Å². The zero-order valence-electron chi connectivity index (χ0n) is 6.55. The van der Waals surface area contributed by atoms with Gasteiger partial charge in [-0.3, -0.25) is 0 Å². The largest absolute Gasteiger partial charge is 0.148 e. The summed E-state index contributed by atoms with van der Waals surface area (Å²) in [6.45, 7) is 0. The number of hydrogen-bond acceptors (Lipinski definition) is 1. The maximum atomic E-state index is 2.33. The van der Waals surface area contributed by atoms with E-state index in [1.165, 1.54) is 25.7 Å². The van der Waals surface area contributed by atoms with Crippen LogP contribution in [0.15, 0.2) is 17.5 Å². The average Bonchev–Trinajstić information content (AvgIpc) is 2.89. The van der Waals surface area contributed by atoms with Gasteiger partial charge in [0, 0.05) is 10.3 Å². The summed E-state index contributed by atoms with van der Waals surface area (Å²) in [5, 5.41) is 2.22. The molecular formula is C10H12S. The lowest BCUT2D eigenvalue weighted by molar-refractivity contribution is 0.609. The van der Waals surface area contributed by atoms with Crippen molar-refractivity contribution in [2.75, 3.05) is 0 Å². The molecule has 0 N–H and O–H groups in total. The van der Waals surface area contributed by atoms with Crippen LogP contribution in [0, 0.1) is 5.92 Å². The van der Waals surface area contributed by atoms with Gasteiger partial charge in [0.15, 0.2) is 0 Å². The molecule has 0 atom stereocenters. The van der Waals surface area contributed by atoms with Crippen LogP contribution in [0.1, 0.15) is 30.6 Å². The molecule has 1 aromatic heterocycles. The van der Waals surface area contributed by atoms with Gasteiger partial charge in [0.2, 0.25) is 0 Å². The minimum Gasteiger partial charge on any atom is -0.148 e. The molecule has 0 aromatic carbocycles. The first-order valence-electron chi connectivity index (χ1n) is 4.46. The second-order valence-electron chi connectivity index (χ2n) is 3.91. The van der Waals surface area contributed by atoms with Gasteiger partial charge in [0.1, 0.15) is 0 Å². The van der Waals surface area contributed by atoms with E-state index in [1.807, 2.05) is 11.3 Å². The molecule has 11 heavy (non-hydrogen) atoms.